The van der Waals surface area contributed by atoms with E-state index >= 15 is 0 Å². The number of carbonyl (C=O) groups is 1. The van der Waals surface area contributed by atoms with Gasteiger partial charge in [0.1, 0.15) is 17.2 Å². The molecule has 6 rings (SSSR count). The van der Waals surface area contributed by atoms with Crippen LogP contribution in [-0.4, -0.2) is 58.9 Å². The second-order valence-electron chi connectivity index (χ2n) is 8.67. The summed E-state index contributed by atoms with van der Waals surface area (Å²) in [6.07, 6.45) is 7.55. The molecule has 0 unspecified atom stereocenters. The molecule has 1 N–H and O–H groups in total. The Morgan fingerprint density at radius 3 is 2.72 bits per heavy atom. The van der Waals surface area contributed by atoms with Crippen LogP contribution < -0.4 is 5.32 Å². The van der Waals surface area contributed by atoms with Gasteiger partial charge in [-0.3, -0.25) is 9.69 Å². The predicted molar refractivity (Wildman–Crippen MR) is 127 cm³/mol. The molecule has 11 nitrogen and oxygen atoms in total. The molecule has 1 fully saturated rings. The molecule has 0 atom stereocenters. The van der Waals surface area contributed by atoms with E-state index in [1.165, 1.54) is 12.1 Å². The van der Waals surface area contributed by atoms with Crippen LogP contribution in [0.1, 0.15) is 24.6 Å². The molecular formula is C24H22FN9O2. The maximum absolute atomic E-state index is 13.6. The summed E-state index contributed by atoms with van der Waals surface area (Å²) in [5.41, 5.74) is 4.50. The van der Waals surface area contributed by atoms with Crippen molar-refractivity contribution in [3.8, 4) is 22.6 Å². The number of likely N-dealkylation sites (tertiary alicyclic amines) is 1. The maximum atomic E-state index is 13.6. The van der Waals surface area contributed by atoms with Crippen molar-refractivity contribution < 1.29 is 13.8 Å². The van der Waals surface area contributed by atoms with Crippen molar-refractivity contribution in [2.45, 2.75) is 25.4 Å². The van der Waals surface area contributed by atoms with Gasteiger partial charge in [0.2, 0.25) is 6.41 Å². The van der Waals surface area contributed by atoms with E-state index in [-0.39, 0.29) is 11.9 Å². The fourth-order valence-corrected chi connectivity index (χ4v) is 4.69. The lowest BCUT2D eigenvalue weighted by Gasteiger charge is -2.32. The van der Waals surface area contributed by atoms with Crippen LogP contribution in [0.15, 0.2) is 59.7 Å². The average Bonchev–Trinajstić information content (AvgIpc) is 3.64. The summed E-state index contributed by atoms with van der Waals surface area (Å²) in [7, 11) is 0. The zero-order valence-corrected chi connectivity index (χ0v) is 19.2. The Bertz CT molecular complexity index is 1490. The van der Waals surface area contributed by atoms with E-state index in [9.17, 15) is 9.18 Å². The summed E-state index contributed by atoms with van der Waals surface area (Å²) in [6.45, 7) is 2.47. The minimum absolute atomic E-state index is 0.209. The van der Waals surface area contributed by atoms with Crippen LogP contribution >= 0.6 is 0 Å². The predicted octanol–water partition coefficient (Wildman–Crippen LogP) is 3.19. The molecule has 1 saturated heterocycles. The number of rotatable bonds is 7. The molecule has 1 aromatic carbocycles. The Labute approximate surface area is 204 Å². The van der Waals surface area contributed by atoms with Crippen molar-refractivity contribution in [3.05, 3.63) is 66.6 Å². The Hall–Kier alpha value is -4.45. The van der Waals surface area contributed by atoms with Crippen LogP contribution in [0.2, 0.25) is 0 Å². The minimum atomic E-state index is -0.303. The van der Waals surface area contributed by atoms with Crippen molar-refractivity contribution in [3.63, 3.8) is 0 Å². The number of carbonyl (C=O) groups excluding carboxylic acids is 1. The molecule has 5 heterocycles. The quantitative estimate of drug-likeness (QED) is 0.348. The first-order chi connectivity index (χ1) is 17.7. The van der Waals surface area contributed by atoms with Crippen molar-refractivity contribution in [1.29, 1.82) is 0 Å². The van der Waals surface area contributed by atoms with E-state index in [2.05, 4.69) is 30.1 Å². The van der Waals surface area contributed by atoms with E-state index in [0.717, 1.165) is 48.6 Å². The van der Waals surface area contributed by atoms with Crippen LogP contribution in [0.3, 0.4) is 0 Å². The summed E-state index contributed by atoms with van der Waals surface area (Å²) in [5.74, 6) is 0.110. The third-order valence-corrected chi connectivity index (χ3v) is 6.42. The second kappa shape index (κ2) is 9.30. The largest absolute Gasteiger partial charge is 0.326 e. The molecule has 0 radical (unpaired) electrons. The number of hydrogen-bond acceptors (Lipinski definition) is 8. The maximum Gasteiger partial charge on any atom is 0.212 e. The summed E-state index contributed by atoms with van der Waals surface area (Å²) < 4.78 is 22.1. The monoisotopic (exact) mass is 487 g/mol. The lowest BCUT2D eigenvalue weighted by molar-refractivity contribution is -0.105. The van der Waals surface area contributed by atoms with E-state index in [1.807, 2.05) is 18.5 Å². The Kier molecular flexibility index (Phi) is 5.70. The molecule has 0 spiro atoms. The zero-order chi connectivity index (χ0) is 24.5. The number of benzene rings is 1. The molecule has 1 aliphatic rings. The first kappa shape index (κ1) is 22.0. The Morgan fingerprint density at radius 2 is 1.97 bits per heavy atom. The van der Waals surface area contributed by atoms with Gasteiger partial charge in [-0.2, -0.15) is 5.10 Å². The molecule has 0 saturated carbocycles. The fraction of sp³-hybridized carbons (Fsp3) is 0.250. The topological polar surface area (TPSA) is 119 Å². The second-order valence-corrected chi connectivity index (χ2v) is 8.67. The lowest BCUT2D eigenvalue weighted by Crippen LogP contribution is -2.34. The van der Waals surface area contributed by atoms with Gasteiger partial charge >= 0.3 is 0 Å². The van der Waals surface area contributed by atoms with Crippen LogP contribution in [0.25, 0.3) is 28.3 Å². The number of imidazole rings is 2. The van der Waals surface area contributed by atoms with E-state index in [4.69, 9.17) is 14.7 Å². The number of fused-ring (bicyclic) bond motifs is 1. The number of anilines is 1. The summed E-state index contributed by atoms with van der Waals surface area (Å²) in [6, 6.07) is 10.3. The fourth-order valence-electron chi connectivity index (χ4n) is 4.69. The van der Waals surface area contributed by atoms with Crippen LogP contribution in [0.5, 0.6) is 0 Å². The molecule has 5 aromatic rings. The van der Waals surface area contributed by atoms with Gasteiger partial charge in [-0.15, -0.1) is 0 Å². The number of amides is 1. The van der Waals surface area contributed by atoms with Gasteiger partial charge in [-0.25, -0.2) is 23.5 Å². The molecular weight excluding hydrogens is 465 g/mol. The highest BCUT2D eigenvalue weighted by molar-refractivity contribution is 5.77. The summed E-state index contributed by atoms with van der Waals surface area (Å²) in [5, 5.41) is 14.9. The van der Waals surface area contributed by atoms with Crippen molar-refractivity contribution in [1.82, 2.24) is 39.4 Å². The third-order valence-electron chi connectivity index (χ3n) is 6.42. The number of piperidine rings is 1. The first-order valence-corrected chi connectivity index (χ1v) is 11.6. The minimum Gasteiger partial charge on any atom is -0.326 e. The highest BCUT2D eigenvalue weighted by Crippen LogP contribution is 2.35. The molecule has 12 heteroatoms. The van der Waals surface area contributed by atoms with Gasteiger partial charge in [-0.1, -0.05) is 10.3 Å². The Morgan fingerprint density at radius 1 is 1.14 bits per heavy atom. The van der Waals surface area contributed by atoms with Crippen LogP contribution in [0.4, 0.5) is 10.2 Å². The Balaban J connectivity index is 1.35. The van der Waals surface area contributed by atoms with E-state index in [1.54, 1.807) is 29.0 Å². The first-order valence-electron chi connectivity index (χ1n) is 11.6. The van der Waals surface area contributed by atoms with Crippen LogP contribution in [0, 0.1) is 5.82 Å². The molecule has 182 valence electrons. The number of nitrogens with zero attached hydrogens (tertiary/aromatic N) is 8. The highest BCUT2D eigenvalue weighted by Gasteiger charge is 2.26. The highest BCUT2D eigenvalue weighted by atomic mass is 19.1. The number of hydrogen-bond donors (Lipinski definition) is 1. The van der Waals surface area contributed by atoms with Gasteiger partial charge in [-0.05, 0) is 49.2 Å². The normalized spacial score (nSPS) is 14.9. The third kappa shape index (κ3) is 4.22. The molecule has 36 heavy (non-hydrogen) atoms. The number of halogens is 1. The lowest BCUT2D eigenvalue weighted by atomic mass is 10.0. The zero-order valence-electron chi connectivity index (χ0n) is 19.2. The van der Waals surface area contributed by atoms with E-state index in [0.29, 0.717) is 30.1 Å². The van der Waals surface area contributed by atoms with Crippen molar-refractivity contribution in [2.75, 3.05) is 18.4 Å². The van der Waals surface area contributed by atoms with Gasteiger partial charge < -0.3 is 9.88 Å². The SMILES string of the molecule is O=CNc1cn2nc(-c3c(-c4ccc(F)cc4)ncn3C3CCN(Cc4cnon4)CC3)ccc2n1. The smallest absolute Gasteiger partial charge is 0.212 e. The molecule has 1 aliphatic heterocycles. The van der Waals surface area contributed by atoms with Gasteiger partial charge in [0.25, 0.3) is 0 Å². The summed E-state index contributed by atoms with van der Waals surface area (Å²) >= 11 is 0. The molecule has 0 aliphatic carbocycles. The molecule has 0 bridgehead atoms. The average molecular weight is 487 g/mol. The number of aromatic nitrogens is 7. The summed E-state index contributed by atoms with van der Waals surface area (Å²) in [4.78, 5) is 22.2. The molecule has 1 amide bonds. The van der Waals surface area contributed by atoms with Crippen molar-refractivity contribution >= 4 is 17.9 Å². The van der Waals surface area contributed by atoms with Gasteiger partial charge in [0.15, 0.2) is 11.5 Å². The van der Waals surface area contributed by atoms with Gasteiger partial charge in [0, 0.05) is 31.2 Å². The van der Waals surface area contributed by atoms with Crippen molar-refractivity contribution in [2.24, 2.45) is 0 Å². The van der Waals surface area contributed by atoms with E-state index < -0.39 is 0 Å². The van der Waals surface area contributed by atoms with Gasteiger partial charge in [0.05, 0.1) is 30.1 Å². The standard InChI is InChI=1S/C24H22FN9O2/c25-17-3-1-16(2-4-17)23-24(20-5-6-22-29-21(27-15-35)13-34(22)30-20)33(14-26-23)19-7-9-32(10-8-19)12-18-11-28-36-31-18/h1-6,11,13-15,19H,7-10,12H2,(H,27,35). The number of nitrogens with one attached hydrogen (secondary N) is 1. The molecule has 4 aromatic heterocycles. The van der Waals surface area contributed by atoms with Crippen LogP contribution in [-0.2, 0) is 11.3 Å².